The molecule has 0 aliphatic carbocycles. The predicted octanol–water partition coefficient (Wildman–Crippen LogP) is 2.22. The van der Waals surface area contributed by atoms with Crippen LogP contribution in [-0.4, -0.2) is 22.8 Å². The third-order valence-corrected chi connectivity index (χ3v) is 3.53. The van der Waals surface area contributed by atoms with Crippen LogP contribution in [0.3, 0.4) is 0 Å². The lowest BCUT2D eigenvalue weighted by molar-refractivity contribution is 0.280. The number of para-hydroxylation sites is 1. The molecular formula is C15H22N2O. The maximum absolute atomic E-state index is 9.01. The second-order valence-electron chi connectivity index (χ2n) is 4.70. The number of rotatable bonds is 6. The summed E-state index contributed by atoms with van der Waals surface area (Å²) >= 11 is 0. The Morgan fingerprint density at radius 1 is 1.22 bits per heavy atom. The van der Waals surface area contributed by atoms with Crippen LogP contribution in [0.15, 0.2) is 24.3 Å². The van der Waals surface area contributed by atoms with Crippen molar-refractivity contribution >= 4 is 10.9 Å². The number of aromatic nitrogens is 1. The highest BCUT2D eigenvalue weighted by Crippen LogP contribution is 2.27. The van der Waals surface area contributed by atoms with E-state index in [0.717, 1.165) is 32.4 Å². The molecule has 0 atom stereocenters. The lowest BCUT2D eigenvalue weighted by Gasteiger charge is -2.07. The average Bonchev–Trinajstić information content (AvgIpc) is 2.66. The minimum absolute atomic E-state index is 0.240. The molecule has 0 aliphatic rings. The summed E-state index contributed by atoms with van der Waals surface area (Å²) < 4.78 is 2.32. The Morgan fingerprint density at radius 2 is 2.00 bits per heavy atom. The van der Waals surface area contributed by atoms with Gasteiger partial charge in [-0.2, -0.15) is 0 Å². The molecule has 0 fully saturated rings. The molecule has 98 valence electrons. The Hall–Kier alpha value is -1.32. The molecule has 0 radical (unpaired) electrons. The predicted molar refractivity (Wildman–Crippen MR) is 75.8 cm³/mol. The summed E-state index contributed by atoms with van der Waals surface area (Å²) in [5, 5.41) is 10.3. The SMILES string of the molecule is Cc1c(CCCN)c2ccccc2n1CCCO. The Kier molecular flexibility index (Phi) is 4.39. The summed E-state index contributed by atoms with van der Waals surface area (Å²) in [5.41, 5.74) is 9.62. The van der Waals surface area contributed by atoms with E-state index < -0.39 is 0 Å². The van der Waals surface area contributed by atoms with Gasteiger partial charge in [0.15, 0.2) is 0 Å². The largest absolute Gasteiger partial charge is 0.396 e. The van der Waals surface area contributed by atoms with Gasteiger partial charge in [0.2, 0.25) is 0 Å². The molecule has 0 aliphatic heterocycles. The number of nitrogens with zero attached hydrogens (tertiary/aromatic N) is 1. The van der Waals surface area contributed by atoms with Crippen molar-refractivity contribution < 1.29 is 5.11 Å². The van der Waals surface area contributed by atoms with Crippen molar-refractivity contribution in [2.45, 2.75) is 32.7 Å². The van der Waals surface area contributed by atoms with E-state index in [9.17, 15) is 0 Å². The zero-order valence-electron chi connectivity index (χ0n) is 11.0. The van der Waals surface area contributed by atoms with E-state index in [2.05, 4.69) is 35.8 Å². The second-order valence-corrected chi connectivity index (χ2v) is 4.70. The van der Waals surface area contributed by atoms with Gasteiger partial charge in [-0.3, -0.25) is 0 Å². The zero-order valence-corrected chi connectivity index (χ0v) is 11.0. The zero-order chi connectivity index (χ0) is 13.0. The van der Waals surface area contributed by atoms with E-state index in [1.54, 1.807) is 0 Å². The highest BCUT2D eigenvalue weighted by Gasteiger charge is 2.12. The standard InChI is InChI=1S/C15H22N2O/c1-12-13(7-4-9-16)14-6-2-3-8-15(14)17(12)10-5-11-18/h2-3,6,8,18H,4-5,7,9-11,16H2,1H3. The molecule has 1 aromatic carbocycles. The molecule has 0 bridgehead atoms. The molecule has 3 N–H and O–H groups in total. The van der Waals surface area contributed by atoms with Crippen molar-refractivity contribution in [3.63, 3.8) is 0 Å². The molecule has 3 nitrogen and oxygen atoms in total. The number of hydrogen-bond donors (Lipinski definition) is 2. The van der Waals surface area contributed by atoms with Gasteiger partial charge in [0.05, 0.1) is 0 Å². The normalized spacial score (nSPS) is 11.3. The lowest BCUT2D eigenvalue weighted by Crippen LogP contribution is -2.04. The van der Waals surface area contributed by atoms with Gasteiger partial charge >= 0.3 is 0 Å². The minimum atomic E-state index is 0.240. The summed E-state index contributed by atoms with van der Waals surface area (Å²) in [6.07, 6.45) is 2.86. The molecule has 0 amide bonds. The van der Waals surface area contributed by atoms with Crippen LogP contribution in [0.4, 0.5) is 0 Å². The van der Waals surface area contributed by atoms with E-state index in [1.165, 1.54) is 22.2 Å². The van der Waals surface area contributed by atoms with Gasteiger partial charge in [-0.1, -0.05) is 18.2 Å². The van der Waals surface area contributed by atoms with E-state index in [1.807, 2.05) is 0 Å². The van der Waals surface area contributed by atoms with Crippen LogP contribution in [0.5, 0.6) is 0 Å². The molecule has 18 heavy (non-hydrogen) atoms. The van der Waals surface area contributed by atoms with Crippen LogP contribution in [-0.2, 0) is 13.0 Å². The van der Waals surface area contributed by atoms with Gasteiger partial charge in [0.1, 0.15) is 0 Å². The highest BCUT2D eigenvalue weighted by atomic mass is 16.3. The van der Waals surface area contributed by atoms with Gasteiger partial charge in [0, 0.05) is 29.7 Å². The molecule has 0 saturated heterocycles. The number of nitrogens with two attached hydrogens (primary N) is 1. The quantitative estimate of drug-likeness (QED) is 0.821. The third kappa shape index (κ3) is 2.42. The minimum Gasteiger partial charge on any atom is -0.396 e. The van der Waals surface area contributed by atoms with Gasteiger partial charge in [0.25, 0.3) is 0 Å². The monoisotopic (exact) mass is 246 g/mol. The van der Waals surface area contributed by atoms with Crippen molar-refractivity contribution in [3.8, 4) is 0 Å². The number of aryl methyl sites for hydroxylation is 2. The number of aliphatic hydroxyl groups excluding tert-OH is 1. The Morgan fingerprint density at radius 3 is 2.72 bits per heavy atom. The number of benzene rings is 1. The fraction of sp³-hybridized carbons (Fsp3) is 0.467. The van der Waals surface area contributed by atoms with Gasteiger partial charge in [-0.05, 0) is 44.4 Å². The van der Waals surface area contributed by atoms with Gasteiger partial charge in [-0.25, -0.2) is 0 Å². The maximum atomic E-state index is 9.01. The number of hydrogen-bond acceptors (Lipinski definition) is 2. The Bertz CT molecular complexity index is 471. The molecular weight excluding hydrogens is 224 g/mol. The molecule has 0 spiro atoms. The summed E-state index contributed by atoms with van der Waals surface area (Å²) in [4.78, 5) is 0. The van der Waals surface area contributed by atoms with Crippen molar-refractivity contribution in [3.05, 3.63) is 35.5 Å². The summed E-state index contributed by atoms with van der Waals surface area (Å²) in [5.74, 6) is 0. The molecule has 0 saturated carbocycles. The fourth-order valence-electron chi connectivity index (χ4n) is 2.61. The third-order valence-electron chi connectivity index (χ3n) is 3.53. The van der Waals surface area contributed by atoms with E-state index >= 15 is 0 Å². The first-order chi connectivity index (χ1) is 8.79. The first-order valence-electron chi connectivity index (χ1n) is 6.67. The molecule has 2 rings (SSSR count). The lowest BCUT2D eigenvalue weighted by atomic mass is 10.1. The molecule has 0 unspecified atom stereocenters. The molecule has 1 aromatic heterocycles. The maximum Gasteiger partial charge on any atom is 0.0485 e. The van der Waals surface area contributed by atoms with Crippen molar-refractivity contribution in [2.75, 3.05) is 13.2 Å². The first-order valence-corrected chi connectivity index (χ1v) is 6.67. The number of aliphatic hydroxyl groups is 1. The van der Waals surface area contributed by atoms with Crippen LogP contribution < -0.4 is 5.73 Å². The van der Waals surface area contributed by atoms with Crippen LogP contribution in [0.2, 0.25) is 0 Å². The second kappa shape index (κ2) is 6.03. The topological polar surface area (TPSA) is 51.2 Å². The average molecular weight is 246 g/mol. The molecule has 1 heterocycles. The molecule has 3 heteroatoms. The van der Waals surface area contributed by atoms with Crippen LogP contribution in [0, 0.1) is 6.92 Å². The van der Waals surface area contributed by atoms with E-state index in [0.29, 0.717) is 0 Å². The Balaban J connectivity index is 2.45. The van der Waals surface area contributed by atoms with Gasteiger partial charge < -0.3 is 15.4 Å². The number of fused-ring (bicyclic) bond motifs is 1. The van der Waals surface area contributed by atoms with Crippen LogP contribution in [0.1, 0.15) is 24.1 Å². The van der Waals surface area contributed by atoms with Gasteiger partial charge in [-0.15, -0.1) is 0 Å². The smallest absolute Gasteiger partial charge is 0.0485 e. The van der Waals surface area contributed by atoms with Crippen LogP contribution >= 0.6 is 0 Å². The Labute approximate surface area is 108 Å². The van der Waals surface area contributed by atoms with Crippen molar-refractivity contribution in [2.24, 2.45) is 5.73 Å². The molecule has 2 aromatic rings. The van der Waals surface area contributed by atoms with E-state index in [4.69, 9.17) is 10.8 Å². The fourth-order valence-corrected chi connectivity index (χ4v) is 2.61. The summed E-state index contributed by atoms with van der Waals surface area (Å²) in [6, 6.07) is 8.50. The summed E-state index contributed by atoms with van der Waals surface area (Å²) in [6.45, 7) is 4.02. The highest BCUT2D eigenvalue weighted by molar-refractivity contribution is 5.85. The van der Waals surface area contributed by atoms with Crippen LogP contribution in [0.25, 0.3) is 10.9 Å². The first kappa shape index (κ1) is 13.1. The van der Waals surface area contributed by atoms with E-state index in [-0.39, 0.29) is 6.61 Å². The van der Waals surface area contributed by atoms with Crippen molar-refractivity contribution in [1.82, 2.24) is 4.57 Å². The van der Waals surface area contributed by atoms with Crippen molar-refractivity contribution in [1.29, 1.82) is 0 Å². The summed E-state index contributed by atoms with van der Waals surface area (Å²) in [7, 11) is 0.